The van der Waals surface area contributed by atoms with Crippen LogP contribution in [0, 0.1) is 3.57 Å². The first-order valence-corrected chi connectivity index (χ1v) is 10.4. The predicted molar refractivity (Wildman–Crippen MR) is 111 cm³/mol. The molecule has 0 heterocycles. The van der Waals surface area contributed by atoms with Crippen molar-refractivity contribution in [3.8, 4) is 0 Å². The third kappa shape index (κ3) is 11.6. The first-order chi connectivity index (χ1) is 11.7. The molecule has 1 N–H and O–H groups in total. The van der Waals surface area contributed by atoms with Crippen LogP contribution >= 0.6 is 22.6 Å². The van der Waals surface area contributed by atoms with Gasteiger partial charge < -0.3 is 0 Å². The van der Waals surface area contributed by atoms with Crippen LogP contribution in [-0.2, 0) is 4.79 Å². The molecule has 3 nitrogen and oxygen atoms in total. The molecule has 0 saturated heterocycles. The molecular formula is C20H31IN2O. The maximum absolute atomic E-state index is 11.7. The molecule has 0 unspecified atom stereocenters. The molecule has 24 heavy (non-hydrogen) atoms. The van der Waals surface area contributed by atoms with Crippen LogP contribution in [0.3, 0.4) is 0 Å². The van der Waals surface area contributed by atoms with Gasteiger partial charge in [0.25, 0.3) is 0 Å². The van der Waals surface area contributed by atoms with Crippen molar-refractivity contribution in [2.75, 3.05) is 0 Å². The van der Waals surface area contributed by atoms with Crippen molar-refractivity contribution in [1.82, 2.24) is 5.43 Å². The monoisotopic (exact) mass is 442 g/mol. The maximum Gasteiger partial charge on any atom is 0.240 e. The summed E-state index contributed by atoms with van der Waals surface area (Å²) < 4.78 is 1.16. The van der Waals surface area contributed by atoms with Crippen LogP contribution in [0.25, 0.3) is 0 Å². The van der Waals surface area contributed by atoms with Crippen molar-refractivity contribution < 1.29 is 4.79 Å². The van der Waals surface area contributed by atoms with Gasteiger partial charge in [-0.1, -0.05) is 76.8 Å². The summed E-state index contributed by atoms with van der Waals surface area (Å²) in [5, 5.41) is 4.02. The van der Waals surface area contributed by atoms with E-state index in [4.69, 9.17) is 0 Å². The van der Waals surface area contributed by atoms with Gasteiger partial charge in [-0.2, -0.15) is 5.10 Å². The van der Waals surface area contributed by atoms with Gasteiger partial charge >= 0.3 is 0 Å². The molecule has 0 spiro atoms. The molecule has 1 aromatic rings. The van der Waals surface area contributed by atoms with Crippen molar-refractivity contribution in [1.29, 1.82) is 0 Å². The molecule has 1 rings (SSSR count). The van der Waals surface area contributed by atoms with E-state index in [-0.39, 0.29) is 5.91 Å². The summed E-state index contributed by atoms with van der Waals surface area (Å²) in [6.45, 7) is 2.25. The van der Waals surface area contributed by atoms with Gasteiger partial charge in [-0.05, 0) is 46.7 Å². The van der Waals surface area contributed by atoms with E-state index < -0.39 is 0 Å². The van der Waals surface area contributed by atoms with E-state index in [9.17, 15) is 4.79 Å². The lowest BCUT2D eigenvalue weighted by atomic mass is 10.1. The smallest absolute Gasteiger partial charge is 0.240 e. The topological polar surface area (TPSA) is 41.5 Å². The van der Waals surface area contributed by atoms with Crippen LogP contribution in [0.1, 0.15) is 83.1 Å². The molecule has 0 radical (unpaired) electrons. The number of nitrogens with zero attached hydrogens (tertiary/aromatic N) is 1. The Balaban J connectivity index is 1.96. The van der Waals surface area contributed by atoms with Gasteiger partial charge in [-0.25, -0.2) is 5.43 Å². The first-order valence-electron chi connectivity index (χ1n) is 9.30. The summed E-state index contributed by atoms with van der Waals surface area (Å²) in [5.41, 5.74) is 3.61. The van der Waals surface area contributed by atoms with E-state index >= 15 is 0 Å². The number of rotatable bonds is 13. The molecule has 0 saturated carbocycles. The number of hydrazone groups is 1. The van der Waals surface area contributed by atoms with Crippen molar-refractivity contribution >= 4 is 34.7 Å². The number of benzene rings is 1. The van der Waals surface area contributed by atoms with Crippen LogP contribution in [0.15, 0.2) is 29.4 Å². The summed E-state index contributed by atoms with van der Waals surface area (Å²) in [5.74, 6) is 0.0106. The lowest BCUT2D eigenvalue weighted by molar-refractivity contribution is -0.121. The summed E-state index contributed by atoms with van der Waals surface area (Å²) in [7, 11) is 0. The predicted octanol–water partition coefficient (Wildman–Crippen LogP) is 6.05. The Bertz CT molecular complexity index is 488. The normalized spacial score (nSPS) is 11.1. The molecule has 0 bridgehead atoms. The van der Waals surface area contributed by atoms with Gasteiger partial charge in [0.2, 0.25) is 5.91 Å². The van der Waals surface area contributed by atoms with Crippen LogP contribution < -0.4 is 5.43 Å². The molecule has 0 aliphatic carbocycles. The third-order valence-corrected chi connectivity index (χ3v) is 4.68. The minimum Gasteiger partial charge on any atom is -0.273 e. The Hall–Kier alpha value is -0.910. The van der Waals surface area contributed by atoms with Crippen molar-refractivity contribution in [3.63, 3.8) is 0 Å². The van der Waals surface area contributed by atoms with Gasteiger partial charge in [0.15, 0.2) is 0 Å². The van der Waals surface area contributed by atoms with E-state index in [0.29, 0.717) is 6.42 Å². The maximum atomic E-state index is 11.7. The number of hydrogen-bond donors (Lipinski definition) is 1. The Morgan fingerprint density at radius 1 is 1.04 bits per heavy atom. The number of carbonyl (C=O) groups excluding carboxylic acids is 1. The van der Waals surface area contributed by atoms with Gasteiger partial charge in [-0.15, -0.1) is 0 Å². The van der Waals surface area contributed by atoms with E-state index in [0.717, 1.165) is 22.0 Å². The Labute approximate surface area is 160 Å². The van der Waals surface area contributed by atoms with Crippen molar-refractivity contribution in [2.45, 2.75) is 77.6 Å². The highest BCUT2D eigenvalue weighted by Gasteiger charge is 1.99. The SMILES string of the molecule is CCCCCCCCCCCCC(=O)N/N=C/c1cccc(I)c1. The van der Waals surface area contributed by atoms with E-state index in [1.54, 1.807) is 6.21 Å². The average molecular weight is 442 g/mol. The largest absolute Gasteiger partial charge is 0.273 e. The molecule has 0 aliphatic heterocycles. The lowest BCUT2D eigenvalue weighted by Gasteiger charge is -2.02. The fraction of sp³-hybridized carbons (Fsp3) is 0.600. The summed E-state index contributed by atoms with van der Waals surface area (Å²) in [6, 6.07) is 8.01. The first kappa shape index (κ1) is 21.1. The number of carbonyl (C=O) groups is 1. The van der Waals surface area contributed by atoms with Crippen LogP contribution in [0.5, 0.6) is 0 Å². The Morgan fingerprint density at radius 2 is 1.67 bits per heavy atom. The van der Waals surface area contributed by atoms with Gasteiger partial charge in [0, 0.05) is 9.99 Å². The van der Waals surface area contributed by atoms with Gasteiger partial charge in [0.05, 0.1) is 6.21 Å². The summed E-state index contributed by atoms with van der Waals surface area (Å²) >= 11 is 2.26. The van der Waals surface area contributed by atoms with Crippen LogP contribution in [-0.4, -0.2) is 12.1 Å². The molecule has 0 atom stereocenters. The second kappa shape index (κ2) is 14.4. The Kier molecular flexibility index (Phi) is 12.7. The molecule has 134 valence electrons. The second-order valence-electron chi connectivity index (χ2n) is 6.28. The number of hydrogen-bond acceptors (Lipinski definition) is 2. The number of nitrogens with one attached hydrogen (secondary N) is 1. The highest BCUT2D eigenvalue weighted by Crippen LogP contribution is 2.11. The molecule has 0 aliphatic rings. The average Bonchev–Trinajstić information content (AvgIpc) is 2.56. The van der Waals surface area contributed by atoms with Gasteiger partial charge in [0.1, 0.15) is 0 Å². The standard InChI is InChI=1S/C20H31IN2O/c1-2-3-4-5-6-7-8-9-10-11-15-20(24)23-22-17-18-13-12-14-19(21)16-18/h12-14,16-17H,2-11,15H2,1H3,(H,23,24)/b22-17+. The van der Waals surface area contributed by atoms with Gasteiger partial charge in [-0.3, -0.25) is 4.79 Å². The molecule has 0 aromatic heterocycles. The summed E-state index contributed by atoms with van der Waals surface area (Å²) in [4.78, 5) is 11.7. The minimum atomic E-state index is 0.0106. The van der Waals surface area contributed by atoms with Crippen molar-refractivity contribution in [2.24, 2.45) is 5.10 Å². The molecular weight excluding hydrogens is 411 g/mol. The zero-order valence-electron chi connectivity index (χ0n) is 14.9. The molecule has 1 aromatic carbocycles. The summed E-state index contributed by atoms with van der Waals surface area (Å²) in [6.07, 6.45) is 15.1. The highest BCUT2D eigenvalue weighted by atomic mass is 127. The molecule has 0 fully saturated rings. The van der Waals surface area contributed by atoms with Crippen molar-refractivity contribution in [3.05, 3.63) is 33.4 Å². The Morgan fingerprint density at radius 3 is 2.29 bits per heavy atom. The fourth-order valence-corrected chi connectivity index (χ4v) is 3.16. The molecule has 4 heteroatoms. The van der Waals surface area contributed by atoms with E-state index in [1.165, 1.54) is 51.4 Å². The van der Waals surface area contributed by atoms with Crippen LogP contribution in [0.2, 0.25) is 0 Å². The number of unbranched alkanes of at least 4 members (excludes halogenated alkanes) is 9. The highest BCUT2D eigenvalue weighted by molar-refractivity contribution is 14.1. The zero-order chi connectivity index (χ0) is 17.5. The zero-order valence-corrected chi connectivity index (χ0v) is 17.1. The van der Waals surface area contributed by atoms with Crippen LogP contribution in [0.4, 0.5) is 0 Å². The minimum absolute atomic E-state index is 0.0106. The number of halogens is 1. The second-order valence-corrected chi connectivity index (χ2v) is 7.53. The lowest BCUT2D eigenvalue weighted by Crippen LogP contribution is -2.16. The quantitative estimate of drug-likeness (QED) is 0.172. The molecule has 1 amide bonds. The fourth-order valence-electron chi connectivity index (χ4n) is 2.59. The third-order valence-electron chi connectivity index (χ3n) is 4.01. The number of amides is 1. The van der Waals surface area contributed by atoms with E-state index in [2.05, 4.69) is 40.0 Å². The van der Waals surface area contributed by atoms with E-state index in [1.807, 2.05) is 24.3 Å².